The lowest BCUT2D eigenvalue weighted by atomic mass is 9.74. The van der Waals surface area contributed by atoms with E-state index in [9.17, 15) is 23.1 Å². The maximum Gasteiger partial charge on any atom is 0.573 e. The summed E-state index contributed by atoms with van der Waals surface area (Å²) in [7, 11) is 0. The lowest BCUT2D eigenvalue weighted by Crippen LogP contribution is -2.35. The molecule has 0 saturated carbocycles. The van der Waals surface area contributed by atoms with Crippen molar-refractivity contribution < 1.29 is 27.8 Å². The monoisotopic (exact) mass is 290 g/mol. The summed E-state index contributed by atoms with van der Waals surface area (Å²) in [5.74, 6) is -1.35. The number of carboxylic acid groups (broad SMARTS) is 1. The number of carboxylic acids is 1. The second-order valence-electron chi connectivity index (χ2n) is 5.25. The van der Waals surface area contributed by atoms with Crippen molar-refractivity contribution in [1.29, 1.82) is 0 Å². The summed E-state index contributed by atoms with van der Waals surface area (Å²) in [6.45, 7) is 5.23. The van der Waals surface area contributed by atoms with Crippen LogP contribution in [0, 0.1) is 11.3 Å². The minimum Gasteiger partial charge on any atom is -0.481 e. The highest BCUT2D eigenvalue weighted by Gasteiger charge is 2.36. The van der Waals surface area contributed by atoms with E-state index in [0.717, 1.165) is 0 Å². The van der Waals surface area contributed by atoms with Gasteiger partial charge in [0.25, 0.3) is 0 Å². The molecule has 0 amide bonds. The van der Waals surface area contributed by atoms with Gasteiger partial charge in [0.2, 0.25) is 0 Å². The molecule has 0 aliphatic carbocycles. The van der Waals surface area contributed by atoms with Gasteiger partial charge in [0, 0.05) is 0 Å². The zero-order valence-electron chi connectivity index (χ0n) is 11.5. The van der Waals surface area contributed by atoms with Gasteiger partial charge in [-0.1, -0.05) is 26.0 Å². The molecule has 1 N–H and O–H groups in total. The fraction of sp³-hybridized carbons (Fsp3) is 0.500. The number of hydrogen-bond donors (Lipinski definition) is 1. The molecule has 112 valence electrons. The molecule has 1 unspecified atom stereocenters. The van der Waals surface area contributed by atoms with Crippen molar-refractivity contribution in [2.45, 2.75) is 33.6 Å². The van der Waals surface area contributed by atoms with E-state index in [2.05, 4.69) is 4.74 Å². The summed E-state index contributed by atoms with van der Waals surface area (Å²) in [6, 6.07) is 5.27. The quantitative estimate of drug-likeness (QED) is 0.895. The van der Waals surface area contributed by atoms with Crippen molar-refractivity contribution in [3.8, 4) is 5.75 Å². The van der Waals surface area contributed by atoms with Gasteiger partial charge in [0.05, 0.1) is 5.41 Å². The molecule has 0 bridgehead atoms. The molecule has 0 aliphatic heterocycles. The number of alkyl halides is 3. The number of aliphatic carboxylic acids is 1. The predicted octanol–water partition coefficient (Wildman–Crippen LogP) is 3.87. The van der Waals surface area contributed by atoms with Crippen molar-refractivity contribution in [3.63, 3.8) is 0 Å². The Labute approximate surface area is 115 Å². The van der Waals surface area contributed by atoms with E-state index in [1.54, 1.807) is 20.8 Å². The van der Waals surface area contributed by atoms with E-state index in [-0.39, 0.29) is 18.1 Å². The summed E-state index contributed by atoms with van der Waals surface area (Å²) >= 11 is 0. The Morgan fingerprint density at radius 1 is 1.25 bits per heavy atom. The Morgan fingerprint density at radius 3 is 2.10 bits per heavy atom. The second-order valence-corrected chi connectivity index (χ2v) is 5.25. The molecular weight excluding hydrogens is 273 g/mol. The van der Waals surface area contributed by atoms with E-state index >= 15 is 0 Å². The van der Waals surface area contributed by atoms with Gasteiger partial charge in [0.15, 0.2) is 0 Å². The second kappa shape index (κ2) is 5.73. The number of carbonyl (C=O) groups is 1. The standard InChI is InChI=1S/C14H17F3O3/c1-9(2)13(3,12(18)19)8-10-4-6-11(7-5-10)20-14(15,16)17/h4-7,9H,8H2,1-3H3,(H,18,19). The zero-order chi connectivity index (χ0) is 15.6. The van der Waals surface area contributed by atoms with Crippen molar-refractivity contribution in [2.24, 2.45) is 11.3 Å². The van der Waals surface area contributed by atoms with E-state index in [0.29, 0.717) is 5.56 Å². The Kier molecular flexibility index (Phi) is 4.68. The Bertz CT molecular complexity index is 466. The van der Waals surface area contributed by atoms with Crippen molar-refractivity contribution in [1.82, 2.24) is 0 Å². The Hall–Kier alpha value is -1.72. The first-order chi connectivity index (χ1) is 9.04. The van der Waals surface area contributed by atoms with Crippen molar-refractivity contribution in [2.75, 3.05) is 0 Å². The van der Waals surface area contributed by atoms with Crippen LogP contribution < -0.4 is 4.74 Å². The van der Waals surface area contributed by atoms with Crippen LogP contribution in [-0.2, 0) is 11.2 Å². The van der Waals surface area contributed by atoms with Gasteiger partial charge in [-0.2, -0.15) is 0 Å². The number of halogens is 3. The minimum atomic E-state index is -4.73. The van der Waals surface area contributed by atoms with E-state index in [4.69, 9.17) is 0 Å². The highest BCUT2D eigenvalue weighted by atomic mass is 19.4. The number of hydrogen-bond acceptors (Lipinski definition) is 2. The molecule has 0 aromatic heterocycles. The molecule has 3 nitrogen and oxygen atoms in total. The van der Waals surface area contributed by atoms with E-state index in [1.165, 1.54) is 24.3 Å². The van der Waals surface area contributed by atoms with Crippen LogP contribution in [0.5, 0.6) is 5.75 Å². The molecule has 0 radical (unpaired) electrons. The number of rotatable bonds is 5. The van der Waals surface area contributed by atoms with Gasteiger partial charge in [-0.25, -0.2) is 0 Å². The lowest BCUT2D eigenvalue weighted by Gasteiger charge is -2.29. The largest absolute Gasteiger partial charge is 0.573 e. The third-order valence-electron chi connectivity index (χ3n) is 3.49. The topological polar surface area (TPSA) is 46.5 Å². The maximum absolute atomic E-state index is 12.0. The van der Waals surface area contributed by atoms with Gasteiger partial charge in [-0.15, -0.1) is 13.2 Å². The molecule has 1 aromatic rings. The van der Waals surface area contributed by atoms with Crippen LogP contribution in [0.15, 0.2) is 24.3 Å². The molecule has 6 heteroatoms. The first-order valence-electron chi connectivity index (χ1n) is 6.12. The first kappa shape index (κ1) is 16.3. The molecule has 0 heterocycles. The van der Waals surface area contributed by atoms with Crippen molar-refractivity contribution in [3.05, 3.63) is 29.8 Å². The van der Waals surface area contributed by atoms with Crippen LogP contribution in [0.25, 0.3) is 0 Å². The number of ether oxygens (including phenoxy) is 1. The van der Waals surface area contributed by atoms with Crippen LogP contribution in [0.3, 0.4) is 0 Å². The van der Waals surface area contributed by atoms with Gasteiger partial charge in [-0.05, 0) is 37.0 Å². The normalized spacial score (nSPS) is 14.9. The van der Waals surface area contributed by atoms with Crippen LogP contribution in [0.4, 0.5) is 13.2 Å². The molecule has 0 saturated heterocycles. The molecule has 0 aliphatic rings. The highest BCUT2D eigenvalue weighted by molar-refractivity contribution is 5.75. The van der Waals surface area contributed by atoms with Gasteiger partial charge >= 0.3 is 12.3 Å². The average molecular weight is 290 g/mol. The lowest BCUT2D eigenvalue weighted by molar-refractivity contribution is -0.274. The van der Waals surface area contributed by atoms with Gasteiger partial charge in [-0.3, -0.25) is 4.79 Å². The first-order valence-corrected chi connectivity index (χ1v) is 6.12. The number of benzene rings is 1. The molecular formula is C14H17F3O3. The molecule has 1 aromatic carbocycles. The highest BCUT2D eigenvalue weighted by Crippen LogP contribution is 2.32. The van der Waals surface area contributed by atoms with Crippen molar-refractivity contribution >= 4 is 5.97 Å². The summed E-state index contributed by atoms with van der Waals surface area (Å²) in [5, 5.41) is 9.30. The predicted molar refractivity (Wildman–Crippen MR) is 67.4 cm³/mol. The van der Waals surface area contributed by atoms with E-state index < -0.39 is 17.7 Å². The Balaban J connectivity index is 2.87. The zero-order valence-corrected chi connectivity index (χ0v) is 11.5. The summed E-state index contributed by atoms with van der Waals surface area (Å²) in [6.07, 6.45) is -4.48. The van der Waals surface area contributed by atoms with Crippen LogP contribution >= 0.6 is 0 Å². The fourth-order valence-electron chi connectivity index (χ4n) is 1.76. The summed E-state index contributed by atoms with van der Waals surface area (Å²) < 4.78 is 39.8. The SMILES string of the molecule is CC(C)C(C)(Cc1ccc(OC(F)(F)F)cc1)C(=O)O. The fourth-order valence-corrected chi connectivity index (χ4v) is 1.76. The minimum absolute atomic E-state index is 0.105. The Morgan fingerprint density at radius 2 is 1.75 bits per heavy atom. The molecule has 1 rings (SSSR count). The molecule has 0 fully saturated rings. The third-order valence-corrected chi connectivity index (χ3v) is 3.49. The summed E-state index contributed by atoms with van der Waals surface area (Å²) in [4.78, 5) is 11.3. The summed E-state index contributed by atoms with van der Waals surface area (Å²) in [5.41, 5.74) is -0.315. The molecule has 20 heavy (non-hydrogen) atoms. The van der Waals surface area contributed by atoms with Crippen LogP contribution in [-0.4, -0.2) is 17.4 Å². The van der Waals surface area contributed by atoms with Gasteiger partial charge in [0.1, 0.15) is 5.75 Å². The third kappa shape index (κ3) is 4.15. The average Bonchev–Trinajstić information content (AvgIpc) is 2.29. The van der Waals surface area contributed by atoms with Gasteiger partial charge < -0.3 is 9.84 Å². The van der Waals surface area contributed by atoms with Crippen LogP contribution in [0.2, 0.25) is 0 Å². The molecule has 1 atom stereocenters. The smallest absolute Gasteiger partial charge is 0.481 e. The maximum atomic E-state index is 12.0. The van der Waals surface area contributed by atoms with E-state index in [1.807, 2.05) is 0 Å². The van der Waals surface area contributed by atoms with Crippen LogP contribution in [0.1, 0.15) is 26.3 Å². The molecule has 0 spiro atoms.